The molecule has 0 aliphatic rings. The summed E-state index contributed by atoms with van der Waals surface area (Å²) in [5, 5.41) is 0. The molecule has 134 valence electrons. The minimum absolute atomic E-state index is 0.142. The van der Waals surface area contributed by atoms with E-state index in [1.54, 1.807) is 0 Å². The highest BCUT2D eigenvalue weighted by molar-refractivity contribution is 5.69. The Morgan fingerprint density at radius 2 is 1.64 bits per heavy atom. The van der Waals surface area contributed by atoms with Crippen LogP contribution >= 0.6 is 0 Å². The second-order valence-electron chi connectivity index (χ2n) is 6.47. The van der Waals surface area contributed by atoms with Crippen molar-refractivity contribution in [1.82, 2.24) is 4.90 Å². The van der Waals surface area contributed by atoms with Gasteiger partial charge < -0.3 is 4.74 Å². The van der Waals surface area contributed by atoms with E-state index in [2.05, 4.69) is 67.3 Å². The van der Waals surface area contributed by atoms with E-state index in [0.717, 1.165) is 19.4 Å². The molecule has 0 amide bonds. The third-order valence-electron chi connectivity index (χ3n) is 4.71. The van der Waals surface area contributed by atoms with Crippen molar-refractivity contribution < 1.29 is 9.53 Å². The van der Waals surface area contributed by atoms with Crippen LogP contribution in [0.15, 0.2) is 60.7 Å². The first-order chi connectivity index (χ1) is 12.2. The first kappa shape index (κ1) is 19.2. The summed E-state index contributed by atoms with van der Waals surface area (Å²) in [5.74, 6) is -0.142. The van der Waals surface area contributed by atoms with E-state index >= 15 is 0 Å². The zero-order valence-corrected chi connectivity index (χ0v) is 15.5. The first-order valence-electron chi connectivity index (χ1n) is 9.07. The van der Waals surface area contributed by atoms with Gasteiger partial charge in [0, 0.05) is 18.6 Å². The van der Waals surface area contributed by atoms with E-state index in [1.165, 1.54) is 18.2 Å². The van der Waals surface area contributed by atoms with Gasteiger partial charge in [0.2, 0.25) is 0 Å². The van der Waals surface area contributed by atoms with Crippen LogP contribution < -0.4 is 0 Å². The first-order valence-corrected chi connectivity index (χ1v) is 9.07. The number of carbonyl (C=O) groups is 1. The minimum atomic E-state index is -0.142. The molecule has 2 aromatic carbocycles. The van der Waals surface area contributed by atoms with E-state index in [4.69, 9.17) is 4.74 Å². The van der Waals surface area contributed by atoms with E-state index in [1.807, 2.05) is 12.1 Å². The fourth-order valence-corrected chi connectivity index (χ4v) is 3.29. The average molecular weight is 339 g/mol. The number of esters is 1. The average Bonchev–Trinajstić information content (AvgIpc) is 2.66. The molecule has 0 radical (unpaired) electrons. The van der Waals surface area contributed by atoms with Gasteiger partial charge in [-0.3, -0.25) is 9.69 Å². The Hall–Kier alpha value is -2.13. The third-order valence-corrected chi connectivity index (χ3v) is 4.71. The molecule has 0 fully saturated rings. The third kappa shape index (κ3) is 5.71. The number of nitrogens with zero attached hydrogens (tertiary/aromatic N) is 1. The van der Waals surface area contributed by atoms with Gasteiger partial charge in [-0.15, -0.1) is 0 Å². The highest BCUT2D eigenvalue weighted by Crippen LogP contribution is 2.28. The topological polar surface area (TPSA) is 29.5 Å². The fraction of sp³-hybridized carbons (Fsp3) is 0.409. The molecule has 3 heteroatoms. The molecule has 0 aromatic heterocycles. The number of hydrogen-bond donors (Lipinski definition) is 0. The van der Waals surface area contributed by atoms with Crippen molar-refractivity contribution in [2.24, 2.45) is 0 Å². The number of carbonyl (C=O) groups excluding carboxylic acids is 1. The lowest BCUT2D eigenvalue weighted by atomic mass is 9.99. The zero-order chi connectivity index (χ0) is 18.1. The van der Waals surface area contributed by atoms with Gasteiger partial charge in [0.1, 0.15) is 0 Å². The van der Waals surface area contributed by atoms with Crippen LogP contribution in [0.3, 0.4) is 0 Å². The summed E-state index contributed by atoms with van der Waals surface area (Å²) in [4.78, 5) is 14.4. The lowest BCUT2D eigenvalue weighted by Gasteiger charge is -2.36. The van der Waals surface area contributed by atoms with E-state index in [0.29, 0.717) is 6.42 Å². The van der Waals surface area contributed by atoms with Gasteiger partial charge in [-0.25, -0.2) is 0 Å². The molecule has 0 unspecified atom stereocenters. The molecular formula is C22H29NO2. The predicted octanol–water partition coefficient (Wildman–Crippen LogP) is 4.98. The molecule has 3 nitrogen and oxygen atoms in total. The molecule has 0 aliphatic heterocycles. The second-order valence-corrected chi connectivity index (χ2v) is 6.47. The SMILES string of the molecule is CCC[C@H](CC(=O)OC)N(Cc1ccccc1)[C@H](C)c1ccccc1. The van der Waals surface area contributed by atoms with Crippen LogP contribution in [0, 0.1) is 0 Å². The van der Waals surface area contributed by atoms with Crippen LogP contribution in [-0.4, -0.2) is 24.0 Å². The molecule has 0 bridgehead atoms. The standard InChI is InChI=1S/C22H29NO2/c1-4-11-21(16-22(24)25-3)23(17-19-12-7-5-8-13-19)18(2)20-14-9-6-10-15-20/h5-10,12-15,18,21H,4,11,16-17H2,1-3H3/t18-,21-/m1/s1. The number of methoxy groups -OCH3 is 1. The van der Waals surface area contributed by atoms with Crippen LogP contribution in [-0.2, 0) is 16.1 Å². The number of hydrogen-bond acceptors (Lipinski definition) is 3. The molecule has 0 saturated carbocycles. The van der Waals surface area contributed by atoms with Gasteiger partial charge in [0.05, 0.1) is 13.5 Å². The molecule has 25 heavy (non-hydrogen) atoms. The summed E-state index contributed by atoms with van der Waals surface area (Å²) in [6.07, 6.45) is 2.43. The Morgan fingerprint density at radius 3 is 2.20 bits per heavy atom. The Kier molecular flexibility index (Phi) is 7.68. The second kappa shape index (κ2) is 10.00. The zero-order valence-electron chi connectivity index (χ0n) is 15.5. The van der Waals surface area contributed by atoms with Gasteiger partial charge in [-0.05, 0) is 24.5 Å². The van der Waals surface area contributed by atoms with Crippen molar-refractivity contribution in [3.05, 3.63) is 71.8 Å². The van der Waals surface area contributed by atoms with Crippen molar-refractivity contribution in [2.45, 2.75) is 51.7 Å². The van der Waals surface area contributed by atoms with Crippen LogP contribution in [0.25, 0.3) is 0 Å². The Labute approximate surface area is 151 Å². The van der Waals surface area contributed by atoms with Crippen molar-refractivity contribution in [2.75, 3.05) is 7.11 Å². The summed E-state index contributed by atoms with van der Waals surface area (Å²) in [6, 6.07) is 21.3. The molecule has 2 rings (SSSR count). The van der Waals surface area contributed by atoms with Crippen molar-refractivity contribution in [1.29, 1.82) is 0 Å². The van der Waals surface area contributed by atoms with Crippen LogP contribution in [0.4, 0.5) is 0 Å². The summed E-state index contributed by atoms with van der Waals surface area (Å²) < 4.78 is 4.95. The van der Waals surface area contributed by atoms with E-state index < -0.39 is 0 Å². The largest absolute Gasteiger partial charge is 0.469 e. The molecular weight excluding hydrogens is 310 g/mol. The molecule has 0 N–H and O–H groups in total. The normalized spacial score (nSPS) is 13.4. The number of ether oxygens (including phenoxy) is 1. The van der Waals surface area contributed by atoms with E-state index in [-0.39, 0.29) is 18.1 Å². The lowest BCUT2D eigenvalue weighted by Crippen LogP contribution is -2.38. The molecule has 0 heterocycles. The minimum Gasteiger partial charge on any atom is -0.469 e. The maximum atomic E-state index is 12.0. The molecule has 2 aromatic rings. The van der Waals surface area contributed by atoms with Gasteiger partial charge in [0.15, 0.2) is 0 Å². The van der Waals surface area contributed by atoms with E-state index in [9.17, 15) is 4.79 Å². The quantitative estimate of drug-likeness (QED) is 0.603. The number of benzene rings is 2. The van der Waals surface area contributed by atoms with Crippen LogP contribution in [0.1, 0.15) is 50.3 Å². The fourth-order valence-electron chi connectivity index (χ4n) is 3.29. The Bertz CT molecular complexity index is 627. The lowest BCUT2D eigenvalue weighted by molar-refractivity contribution is -0.142. The van der Waals surface area contributed by atoms with Gasteiger partial charge in [0.25, 0.3) is 0 Å². The predicted molar refractivity (Wildman–Crippen MR) is 102 cm³/mol. The smallest absolute Gasteiger partial charge is 0.307 e. The monoisotopic (exact) mass is 339 g/mol. The van der Waals surface area contributed by atoms with Crippen molar-refractivity contribution in [3.63, 3.8) is 0 Å². The molecule has 2 atom stereocenters. The molecule has 0 saturated heterocycles. The molecule has 0 spiro atoms. The maximum absolute atomic E-state index is 12.0. The number of rotatable bonds is 9. The van der Waals surface area contributed by atoms with Crippen molar-refractivity contribution >= 4 is 5.97 Å². The Balaban J connectivity index is 2.29. The summed E-state index contributed by atoms with van der Waals surface area (Å²) in [6.45, 7) is 5.20. The Morgan fingerprint density at radius 1 is 1.04 bits per heavy atom. The van der Waals surface area contributed by atoms with Gasteiger partial charge >= 0.3 is 5.97 Å². The van der Waals surface area contributed by atoms with Gasteiger partial charge in [-0.1, -0.05) is 74.0 Å². The van der Waals surface area contributed by atoms with Crippen molar-refractivity contribution in [3.8, 4) is 0 Å². The maximum Gasteiger partial charge on any atom is 0.307 e. The summed E-state index contributed by atoms with van der Waals surface area (Å²) in [7, 11) is 1.47. The summed E-state index contributed by atoms with van der Waals surface area (Å²) in [5.41, 5.74) is 2.53. The molecule has 0 aliphatic carbocycles. The van der Waals surface area contributed by atoms with Crippen LogP contribution in [0.2, 0.25) is 0 Å². The highest BCUT2D eigenvalue weighted by Gasteiger charge is 2.26. The van der Waals surface area contributed by atoms with Gasteiger partial charge in [-0.2, -0.15) is 0 Å². The summed E-state index contributed by atoms with van der Waals surface area (Å²) >= 11 is 0. The highest BCUT2D eigenvalue weighted by atomic mass is 16.5. The van der Waals surface area contributed by atoms with Crippen LogP contribution in [0.5, 0.6) is 0 Å².